The topological polar surface area (TPSA) is 123 Å². The summed E-state index contributed by atoms with van der Waals surface area (Å²) in [7, 11) is 2.83. The molecule has 1 fully saturated rings. The summed E-state index contributed by atoms with van der Waals surface area (Å²) < 4.78 is 10.1. The van der Waals surface area contributed by atoms with Crippen LogP contribution in [-0.4, -0.2) is 47.8 Å². The number of ether oxygens (including phenoxy) is 2. The Balaban J connectivity index is 1.91. The van der Waals surface area contributed by atoms with E-state index in [2.05, 4.69) is 20.6 Å². The maximum Gasteiger partial charge on any atom is 0.337 e. The van der Waals surface area contributed by atoms with Crippen LogP contribution < -0.4 is 15.4 Å². The molecular weight excluding hydrogens is 352 g/mol. The zero-order valence-corrected chi connectivity index (χ0v) is 15.0. The molecule has 0 aliphatic heterocycles. The van der Waals surface area contributed by atoms with Gasteiger partial charge in [0.1, 0.15) is 18.1 Å². The molecule has 9 nitrogen and oxygen atoms in total. The number of hydrogen-bond acceptors (Lipinski definition) is 8. The molecule has 1 aromatic carbocycles. The number of carbonyl (C=O) groups excluding carboxylic acids is 1. The first-order valence-electron chi connectivity index (χ1n) is 8.38. The van der Waals surface area contributed by atoms with Crippen molar-refractivity contribution in [3.8, 4) is 5.75 Å². The molecule has 1 aromatic heterocycles. The van der Waals surface area contributed by atoms with Gasteiger partial charge >= 0.3 is 11.9 Å². The minimum Gasteiger partial charge on any atom is -0.495 e. The van der Waals surface area contributed by atoms with Crippen LogP contribution in [0.1, 0.15) is 34.8 Å². The van der Waals surface area contributed by atoms with Crippen molar-refractivity contribution in [2.75, 3.05) is 31.4 Å². The second kappa shape index (κ2) is 7.90. The Kier molecular flexibility index (Phi) is 5.39. The molecule has 27 heavy (non-hydrogen) atoms. The van der Waals surface area contributed by atoms with Gasteiger partial charge in [0.15, 0.2) is 0 Å². The van der Waals surface area contributed by atoms with Crippen molar-refractivity contribution in [1.82, 2.24) is 9.97 Å². The highest BCUT2D eigenvalue weighted by molar-refractivity contribution is 5.91. The number of aliphatic carboxylic acids is 1. The number of benzene rings is 1. The van der Waals surface area contributed by atoms with Crippen LogP contribution in [0.4, 0.5) is 17.5 Å². The van der Waals surface area contributed by atoms with Crippen molar-refractivity contribution in [2.45, 2.75) is 18.8 Å². The Bertz CT molecular complexity index is 867. The van der Waals surface area contributed by atoms with E-state index in [9.17, 15) is 9.59 Å². The van der Waals surface area contributed by atoms with Crippen molar-refractivity contribution in [3.05, 3.63) is 35.5 Å². The van der Waals surface area contributed by atoms with Gasteiger partial charge in [-0.1, -0.05) is 0 Å². The lowest BCUT2D eigenvalue weighted by Crippen LogP contribution is -2.15. The van der Waals surface area contributed by atoms with Crippen LogP contribution in [0.25, 0.3) is 0 Å². The fourth-order valence-electron chi connectivity index (χ4n) is 2.54. The van der Waals surface area contributed by atoms with Gasteiger partial charge in [0.05, 0.1) is 31.2 Å². The van der Waals surface area contributed by atoms with Gasteiger partial charge in [0, 0.05) is 12.0 Å². The SMILES string of the molecule is COC(=O)c1ccc(OC)c(Nc2cc(C3CC3)nc(NCC(=O)O)n2)c1. The molecule has 1 aliphatic rings. The maximum absolute atomic E-state index is 11.8. The van der Waals surface area contributed by atoms with Gasteiger partial charge < -0.3 is 25.2 Å². The highest BCUT2D eigenvalue weighted by atomic mass is 16.5. The molecule has 1 heterocycles. The van der Waals surface area contributed by atoms with E-state index in [1.54, 1.807) is 18.2 Å². The molecule has 1 aliphatic carbocycles. The second-order valence-corrected chi connectivity index (χ2v) is 6.05. The van der Waals surface area contributed by atoms with E-state index in [0.29, 0.717) is 28.7 Å². The number of carboxylic acid groups (broad SMARTS) is 1. The van der Waals surface area contributed by atoms with Crippen molar-refractivity contribution in [3.63, 3.8) is 0 Å². The number of carboxylic acids is 1. The molecule has 1 saturated carbocycles. The van der Waals surface area contributed by atoms with Gasteiger partial charge in [-0.05, 0) is 31.0 Å². The Hall–Kier alpha value is -3.36. The number of aromatic nitrogens is 2. The number of nitrogens with zero attached hydrogens (tertiary/aromatic N) is 2. The smallest absolute Gasteiger partial charge is 0.337 e. The minimum absolute atomic E-state index is 0.229. The highest BCUT2D eigenvalue weighted by Crippen LogP contribution is 2.40. The lowest BCUT2D eigenvalue weighted by atomic mass is 10.2. The summed E-state index contributed by atoms with van der Waals surface area (Å²) in [6.07, 6.45) is 2.08. The summed E-state index contributed by atoms with van der Waals surface area (Å²) in [5.41, 5.74) is 1.73. The first kappa shape index (κ1) is 18.4. The molecule has 0 radical (unpaired) electrons. The molecule has 142 valence electrons. The van der Waals surface area contributed by atoms with E-state index in [0.717, 1.165) is 18.5 Å². The van der Waals surface area contributed by atoms with Gasteiger partial charge in [-0.3, -0.25) is 4.79 Å². The summed E-state index contributed by atoms with van der Waals surface area (Å²) >= 11 is 0. The number of nitrogens with one attached hydrogen (secondary N) is 2. The Labute approximate surface area is 155 Å². The largest absolute Gasteiger partial charge is 0.495 e. The number of carbonyl (C=O) groups is 2. The van der Waals surface area contributed by atoms with E-state index in [4.69, 9.17) is 14.6 Å². The van der Waals surface area contributed by atoms with Crippen molar-refractivity contribution in [1.29, 1.82) is 0 Å². The van der Waals surface area contributed by atoms with Crippen LogP contribution in [0, 0.1) is 0 Å². The average Bonchev–Trinajstić information content (AvgIpc) is 3.51. The van der Waals surface area contributed by atoms with Crippen molar-refractivity contribution in [2.24, 2.45) is 0 Å². The summed E-state index contributed by atoms with van der Waals surface area (Å²) in [5.74, 6) is 0.104. The van der Waals surface area contributed by atoms with Gasteiger partial charge in [-0.15, -0.1) is 0 Å². The van der Waals surface area contributed by atoms with Crippen LogP contribution in [0.2, 0.25) is 0 Å². The number of hydrogen-bond donors (Lipinski definition) is 3. The van der Waals surface area contributed by atoms with E-state index in [1.807, 2.05) is 6.07 Å². The summed E-state index contributed by atoms with van der Waals surface area (Å²) in [5, 5.41) is 14.7. The predicted molar refractivity (Wildman–Crippen MR) is 97.7 cm³/mol. The van der Waals surface area contributed by atoms with Gasteiger partial charge in [-0.2, -0.15) is 4.98 Å². The fraction of sp³-hybridized carbons (Fsp3) is 0.333. The monoisotopic (exact) mass is 372 g/mol. The van der Waals surface area contributed by atoms with Crippen LogP contribution in [0.15, 0.2) is 24.3 Å². The quantitative estimate of drug-likeness (QED) is 0.599. The lowest BCUT2D eigenvalue weighted by Gasteiger charge is -2.14. The molecule has 3 N–H and O–H groups in total. The van der Waals surface area contributed by atoms with Crippen LogP contribution in [0.5, 0.6) is 5.75 Å². The Morgan fingerprint density at radius 2 is 2.00 bits per heavy atom. The summed E-state index contributed by atoms with van der Waals surface area (Å²) in [4.78, 5) is 31.3. The average molecular weight is 372 g/mol. The molecule has 0 saturated heterocycles. The van der Waals surface area contributed by atoms with Gasteiger partial charge in [0.25, 0.3) is 0 Å². The van der Waals surface area contributed by atoms with E-state index in [1.165, 1.54) is 14.2 Å². The first-order valence-corrected chi connectivity index (χ1v) is 8.38. The zero-order chi connectivity index (χ0) is 19.4. The third-order valence-corrected chi connectivity index (χ3v) is 4.02. The standard InChI is InChI=1S/C18H20N4O5/c1-26-14-6-5-11(17(25)27-2)7-13(14)20-15-8-12(10-3-4-10)21-18(22-15)19-9-16(23)24/h5-8,10H,3-4,9H2,1-2H3,(H,23,24)(H2,19,20,21,22). The molecular formula is C18H20N4O5. The predicted octanol–water partition coefficient (Wildman–Crippen LogP) is 2.39. The van der Waals surface area contributed by atoms with E-state index >= 15 is 0 Å². The number of methoxy groups -OCH3 is 2. The normalized spacial score (nSPS) is 13.0. The van der Waals surface area contributed by atoms with Crippen molar-refractivity contribution < 1.29 is 24.2 Å². The second-order valence-electron chi connectivity index (χ2n) is 6.05. The lowest BCUT2D eigenvalue weighted by molar-refractivity contribution is -0.134. The molecule has 2 aromatic rings. The van der Waals surface area contributed by atoms with Gasteiger partial charge in [-0.25, -0.2) is 9.78 Å². The van der Waals surface area contributed by atoms with E-state index < -0.39 is 11.9 Å². The number of anilines is 3. The summed E-state index contributed by atoms with van der Waals surface area (Å²) in [6, 6.07) is 6.67. The Morgan fingerprint density at radius 3 is 2.63 bits per heavy atom. The summed E-state index contributed by atoms with van der Waals surface area (Å²) in [6.45, 7) is -0.283. The zero-order valence-electron chi connectivity index (χ0n) is 15.0. The van der Waals surface area contributed by atoms with Gasteiger partial charge in [0.2, 0.25) is 5.95 Å². The Morgan fingerprint density at radius 1 is 1.22 bits per heavy atom. The third kappa shape index (κ3) is 4.63. The molecule has 0 unspecified atom stereocenters. The molecule has 0 spiro atoms. The van der Waals surface area contributed by atoms with E-state index in [-0.39, 0.29) is 12.5 Å². The maximum atomic E-state index is 11.8. The molecule has 3 rings (SSSR count). The fourth-order valence-corrected chi connectivity index (χ4v) is 2.54. The minimum atomic E-state index is -1.00. The van der Waals surface area contributed by atoms with Crippen LogP contribution >= 0.6 is 0 Å². The number of esters is 1. The van der Waals surface area contributed by atoms with Crippen molar-refractivity contribution >= 4 is 29.4 Å². The van der Waals surface area contributed by atoms with Crippen LogP contribution in [0.3, 0.4) is 0 Å². The molecule has 0 amide bonds. The molecule has 0 atom stereocenters. The highest BCUT2D eigenvalue weighted by Gasteiger charge is 2.26. The third-order valence-electron chi connectivity index (χ3n) is 4.02. The van der Waals surface area contributed by atoms with Crippen LogP contribution in [-0.2, 0) is 9.53 Å². The number of rotatable bonds is 8. The first-order chi connectivity index (χ1) is 13.0. The molecule has 9 heteroatoms. The molecule has 0 bridgehead atoms.